The Balaban J connectivity index is 1.65. The van der Waals surface area contributed by atoms with Crippen LogP contribution in [0.1, 0.15) is 42.6 Å². The van der Waals surface area contributed by atoms with Gasteiger partial charge in [-0.15, -0.1) is 0 Å². The van der Waals surface area contributed by atoms with Gasteiger partial charge in [-0.3, -0.25) is 0 Å². The molecule has 3 rings (SSSR count). The number of hydrogen-bond donors (Lipinski definition) is 1. The van der Waals surface area contributed by atoms with Gasteiger partial charge in [-0.25, -0.2) is 4.79 Å². The van der Waals surface area contributed by atoms with E-state index in [-0.39, 0.29) is 6.61 Å². The van der Waals surface area contributed by atoms with E-state index in [0.717, 1.165) is 5.56 Å². The second kappa shape index (κ2) is 10.7. The van der Waals surface area contributed by atoms with E-state index in [1.165, 1.54) is 0 Å². The SMILES string of the molecule is CCC1(CC)OC[C@H]([C@H](OCc2ccccc2)[C@@H](O)COC(=O)c2ccccc2)O1. The average Bonchev–Trinajstić information content (AvgIpc) is 3.23. The van der Waals surface area contributed by atoms with E-state index in [2.05, 4.69) is 0 Å². The quantitative estimate of drug-likeness (QED) is 0.598. The fraction of sp³-hybridized carbons (Fsp3) is 0.458. The van der Waals surface area contributed by atoms with Crippen molar-refractivity contribution in [3.8, 4) is 0 Å². The molecule has 6 nitrogen and oxygen atoms in total. The minimum Gasteiger partial charge on any atom is -0.459 e. The number of carbonyl (C=O) groups excluding carboxylic acids is 1. The lowest BCUT2D eigenvalue weighted by atomic mass is 10.1. The van der Waals surface area contributed by atoms with Crippen LogP contribution in [-0.2, 0) is 25.6 Å². The van der Waals surface area contributed by atoms with Crippen LogP contribution in [0.4, 0.5) is 0 Å². The summed E-state index contributed by atoms with van der Waals surface area (Å²) in [6.45, 7) is 4.43. The summed E-state index contributed by atoms with van der Waals surface area (Å²) >= 11 is 0. The fourth-order valence-electron chi connectivity index (χ4n) is 3.51. The molecule has 162 valence electrons. The van der Waals surface area contributed by atoms with Gasteiger partial charge in [0.15, 0.2) is 5.79 Å². The monoisotopic (exact) mass is 414 g/mol. The molecular weight excluding hydrogens is 384 g/mol. The third-order valence-electron chi connectivity index (χ3n) is 5.38. The van der Waals surface area contributed by atoms with Gasteiger partial charge in [0.05, 0.1) is 18.8 Å². The second-order valence-corrected chi connectivity index (χ2v) is 7.38. The van der Waals surface area contributed by atoms with E-state index in [4.69, 9.17) is 18.9 Å². The molecule has 1 aliphatic heterocycles. The van der Waals surface area contributed by atoms with E-state index in [1.54, 1.807) is 24.3 Å². The van der Waals surface area contributed by atoms with Crippen LogP contribution >= 0.6 is 0 Å². The van der Waals surface area contributed by atoms with Crippen LogP contribution in [0.15, 0.2) is 60.7 Å². The van der Waals surface area contributed by atoms with Gasteiger partial charge in [0, 0.05) is 0 Å². The smallest absolute Gasteiger partial charge is 0.338 e. The maximum atomic E-state index is 12.2. The van der Waals surface area contributed by atoms with Crippen molar-refractivity contribution in [2.24, 2.45) is 0 Å². The summed E-state index contributed by atoms with van der Waals surface area (Å²) in [6, 6.07) is 18.4. The van der Waals surface area contributed by atoms with Crippen LogP contribution < -0.4 is 0 Å². The Morgan fingerprint density at radius 1 is 1.10 bits per heavy atom. The van der Waals surface area contributed by atoms with Crippen molar-refractivity contribution < 1.29 is 28.8 Å². The number of hydrogen-bond acceptors (Lipinski definition) is 6. The average molecular weight is 414 g/mol. The summed E-state index contributed by atoms with van der Waals surface area (Å²) in [6.07, 6.45) is -0.818. The molecule has 0 spiro atoms. The highest BCUT2D eigenvalue weighted by molar-refractivity contribution is 5.89. The van der Waals surface area contributed by atoms with Crippen LogP contribution in [0.3, 0.4) is 0 Å². The molecule has 6 heteroatoms. The van der Waals surface area contributed by atoms with Gasteiger partial charge < -0.3 is 24.1 Å². The molecule has 0 aliphatic carbocycles. The van der Waals surface area contributed by atoms with Crippen molar-refractivity contribution >= 4 is 5.97 Å². The molecule has 30 heavy (non-hydrogen) atoms. The zero-order chi connectivity index (χ0) is 21.4. The molecule has 2 aromatic rings. The van der Waals surface area contributed by atoms with Crippen molar-refractivity contribution in [1.29, 1.82) is 0 Å². The first kappa shape index (κ1) is 22.4. The zero-order valence-corrected chi connectivity index (χ0v) is 17.5. The first-order valence-electron chi connectivity index (χ1n) is 10.4. The van der Waals surface area contributed by atoms with Gasteiger partial charge >= 0.3 is 5.97 Å². The predicted molar refractivity (Wildman–Crippen MR) is 112 cm³/mol. The molecular formula is C24H30O6. The highest BCUT2D eigenvalue weighted by Crippen LogP contribution is 2.33. The molecule has 0 bridgehead atoms. The molecule has 0 radical (unpaired) electrons. The molecule has 0 saturated carbocycles. The number of aliphatic hydroxyl groups is 1. The van der Waals surface area contributed by atoms with Crippen LogP contribution in [-0.4, -0.2) is 48.4 Å². The maximum Gasteiger partial charge on any atom is 0.338 e. The van der Waals surface area contributed by atoms with Gasteiger partial charge in [-0.2, -0.15) is 0 Å². The van der Waals surface area contributed by atoms with Gasteiger partial charge in [0.1, 0.15) is 24.9 Å². The molecule has 0 aromatic heterocycles. The van der Waals surface area contributed by atoms with Gasteiger partial charge in [0.2, 0.25) is 0 Å². The summed E-state index contributed by atoms with van der Waals surface area (Å²) in [5.41, 5.74) is 1.41. The van der Waals surface area contributed by atoms with Crippen molar-refractivity contribution in [2.75, 3.05) is 13.2 Å². The predicted octanol–water partition coefficient (Wildman–Crippen LogP) is 3.72. The maximum absolute atomic E-state index is 12.2. The van der Waals surface area contributed by atoms with Gasteiger partial charge in [-0.1, -0.05) is 62.4 Å². The number of ether oxygens (including phenoxy) is 4. The third kappa shape index (κ3) is 5.67. The summed E-state index contributed by atoms with van der Waals surface area (Å²) < 4.78 is 23.4. The Bertz CT molecular complexity index is 775. The summed E-state index contributed by atoms with van der Waals surface area (Å²) in [5, 5.41) is 10.8. The first-order valence-corrected chi connectivity index (χ1v) is 10.4. The summed E-state index contributed by atoms with van der Waals surface area (Å²) in [5.74, 6) is -1.16. The number of esters is 1. The molecule has 1 aliphatic rings. The van der Waals surface area contributed by atoms with Crippen LogP contribution in [0, 0.1) is 0 Å². The Kier molecular flexibility index (Phi) is 7.99. The first-order chi connectivity index (χ1) is 14.6. The van der Waals surface area contributed by atoms with E-state index < -0.39 is 30.1 Å². The molecule has 1 N–H and O–H groups in total. The Morgan fingerprint density at radius 2 is 1.73 bits per heavy atom. The van der Waals surface area contributed by atoms with E-state index >= 15 is 0 Å². The molecule has 1 fully saturated rings. The standard InChI is InChI=1S/C24H30O6/c1-3-24(4-2)29-17-21(30-24)22(27-15-18-11-7-5-8-12-18)20(25)16-28-23(26)19-13-9-6-10-14-19/h5-14,20-22,25H,3-4,15-17H2,1-2H3/t20-,21+,22+/m0/s1. The Hall–Kier alpha value is -2.25. The van der Waals surface area contributed by atoms with E-state index in [1.807, 2.05) is 50.2 Å². The lowest BCUT2D eigenvalue weighted by Crippen LogP contribution is -2.44. The normalized spacial score (nSPS) is 19.9. The lowest BCUT2D eigenvalue weighted by molar-refractivity contribution is -0.197. The van der Waals surface area contributed by atoms with Crippen molar-refractivity contribution in [2.45, 2.75) is 57.4 Å². The molecule has 0 unspecified atom stereocenters. The highest BCUT2D eigenvalue weighted by Gasteiger charge is 2.44. The third-order valence-corrected chi connectivity index (χ3v) is 5.38. The Labute approximate surface area is 177 Å². The van der Waals surface area contributed by atoms with Crippen molar-refractivity contribution in [3.63, 3.8) is 0 Å². The molecule has 0 amide bonds. The molecule has 2 aromatic carbocycles. The van der Waals surface area contributed by atoms with Crippen LogP contribution in [0.5, 0.6) is 0 Å². The molecule has 3 atom stereocenters. The topological polar surface area (TPSA) is 74.2 Å². The summed E-state index contributed by atoms with van der Waals surface area (Å²) in [7, 11) is 0. The highest BCUT2D eigenvalue weighted by atomic mass is 16.8. The van der Waals surface area contributed by atoms with Gasteiger partial charge in [-0.05, 0) is 30.5 Å². The minimum absolute atomic E-state index is 0.196. The Morgan fingerprint density at radius 3 is 2.33 bits per heavy atom. The second-order valence-electron chi connectivity index (χ2n) is 7.38. The summed E-state index contributed by atoms with van der Waals surface area (Å²) in [4.78, 5) is 12.2. The fourth-order valence-corrected chi connectivity index (χ4v) is 3.51. The van der Waals surface area contributed by atoms with E-state index in [0.29, 0.717) is 31.6 Å². The van der Waals surface area contributed by atoms with Crippen LogP contribution in [0.25, 0.3) is 0 Å². The van der Waals surface area contributed by atoms with Crippen LogP contribution in [0.2, 0.25) is 0 Å². The van der Waals surface area contributed by atoms with Crippen molar-refractivity contribution in [3.05, 3.63) is 71.8 Å². The van der Waals surface area contributed by atoms with E-state index in [9.17, 15) is 9.90 Å². The largest absolute Gasteiger partial charge is 0.459 e. The van der Waals surface area contributed by atoms with Crippen molar-refractivity contribution in [1.82, 2.24) is 0 Å². The number of aliphatic hydroxyl groups excluding tert-OH is 1. The lowest BCUT2D eigenvalue weighted by Gasteiger charge is -2.30. The number of benzene rings is 2. The molecule has 1 saturated heterocycles. The minimum atomic E-state index is -1.06. The zero-order valence-electron chi connectivity index (χ0n) is 17.5. The number of carbonyl (C=O) groups is 1. The van der Waals surface area contributed by atoms with Gasteiger partial charge in [0.25, 0.3) is 0 Å². The molecule has 1 heterocycles. The number of rotatable bonds is 10.